The van der Waals surface area contributed by atoms with Gasteiger partial charge in [0.2, 0.25) is 5.88 Å². The Morgan fingerprint density at radius 2 is 1.90 bits per heavy atom. The Bertz CT molecular complexity index is 636. The standard InChI is InChI=1S/C15H18BrN3O/c1-9-5-6-10(15(2,3)4)11(7-9)20-14-12(16)13(17)18-8-19-14/h5-8H,1-4H3,(H2,17,18,19). The molecular weight excluding hydrogens is 318 g/mol. The van der Waals surface area contributed by atoms with Gasteiger partial charge in [0.15, 0.2) is 0 Å². The van der Waals surface area contributed by atoms with Gasteiger partial charge in [0.05, 0.1) is 0 Å². The van der Waals surface area contributed by atoms with Gasteiger partial charge in [-0.15, -0.1) is 0 Å². The molecule has 20 heavy (non-hydrogen) atoms. The summed E-state index contributed by atoms with van der Waals surface area (Å²) in [5.74, 6) is 1.57. The lowest BCUT2D eigenvalue weighted by atomic mass is 9.86. The van der Waals surface area contributed by atoms with Crippen LogP contribution in [0.1, 0.15) is 31.9 Å². The Labute approximate surface area is 127 Å². The van der Waals surface area contributed by atoms with Crippen molar-refractivity contribution in [1.29, 1.82) is 0 Å². The molecule has 0 fully saturated rings. The van der Waals surface area contributed by atoms with Crippen LogP contribution in [0.4, 0.5) is 5.82 Å². The molecule has 0 aliphatic heterocycles. The van der Waals surface area contributed by atoms with E-state index in [0.717, 1.165) is 16.9 Å². The summed E-state index contributed by atoms with van der Waals surface area (Å²) >= 11 is 3.36. The van der Waals surface area contributed by atoms with Crippen molar-refractivity contribution in [1.82, 2.24) is 9.97 Å². The first-order valence-corrected chi connectivity index (χ1v) is 7.13. The van der Waals surface area contributed by atoms with Crippen molar-refractivity contribution < 1.29 is 4.74 Å². The van der Waals surface area contributed by atoms with E-state index < -0.39 is 0 Å². The second kappa shape index (κ2) is 5.40. The third-order valence-electron chi connectivity index (χ3n) is 2.94. The van der Waals surface area contributed by atoms with Gasteiger partial charge in [-0.3, -0.25) is 0 Å². The Morgan fingerprint density at radius 1 is 1.20 bits per heavy atom. The molecule has 0 bridgehead atoms. The van der Waals surface area contributed by atoms with E-state index >= 15 is 0 Å². The molecule has 0 radical (unpaired) electrons. The minimum Gasteiger partial charge on any atom is -0.437 e. The maximum atomic E-state index is 5.95. The van der Waals surface area contributed by atoms with Crippen LogP contribution < -0.4 is 10.5 Å². The van der Waals surface area contributed by atoms with E-state index in [9.17, 15) is 0 Å². The van der Waals surface area contributed by atoms with E-state index in [1.165, 1.54) is 6.33 Å². The highest BCUT2D eigenvalue weighted by atomic mass is 79.9. The zero-order valence-corrected chi connectivity index (χ0v) is 13.7. The quantitative estimate of drug-likeness (QED) is 0.892. The highest BCUT2D eigenvalue weighted by Crippen LogP contribution is 2.37. The minimum absolute atomic E-state index is 0.0198. The summed E-state index contributed by atoms with van der Waals surface area (Å²) in [6.07, 6.45) is 1.39. The van der Waals surface area contributed by atoms with E-state index in [1.54, 1.807) is 0 Å². The number of anilines is 1. The molecular formula is C15H18BrN3O. The normalized spacial score (nSPS) is 11.4. The molecule has 0 saturated carbocycles. The number of halogens is 1. The summed E-state index contributed by atoms with van der Waals surface area (Å²) in [6, 6.07) is 6.17. The van der Waals surface area contributed by atoms with Crippen LogP contribution >= 0.6 is 15.9 Å². The van der Waals surface area contributed by atoms with Crippen LogP contribution in [0.25, 0.3) is 0 Å². The van der Waals surface area contributed by atoms with Crippen LogP contribution in [0.15, 0.2) is 29.0 Å². The number of hydrogen-bond donors (Lipinski definition) is 1. The van der Waals surface area contributed by atoms with Gasteiger partial charge in [-0.25, -0.2) is 9.97 Å². The monoisotopic (exact) mass is 335 g/mol. The SMILES string of the molecule is Cc1ccc(C(C)(C)C)c(Oc2ncnc(N)c2Br)c1. The van der Waals surface area contributed by atoms with E-state index in [1.807, 2.05) is 13.0 Å². The number of rotatable bonds is 2. The summed E-state index contributed by atoms with van der Waals surface area (Å²) in [6.45, 7) is 8.47. The van der Waals surface area contributed by atoms with Gasteiger partial charge < -0.3 is 10.5 Å². The summed E-state index contributed by atoms with van der Waals surface area (Å²) < 4.78 is 6.52. The predicted molar refractivity (Wildman–Crippen MR) is 84.1 cm³/mol. The second-order valence-corrected chi connectivity index (χ2v) is 6.52. The van der Waals surface area contributed by atoms with Crippen LogP contribution in [0.3, 0.4) is 0 Å². The molecule has 106 valence electrons. The zero-order valence-electron chi connectivity index (χ0n) is 12.1. The Balaban J connectivity index is 2.48. The van der Waals surface area contributed by atoms with E-state index in [0.29, 0.717) is 16.2 Å². The topological polar surface area (TPSA) is 61.0 Å². The van der Waals surface area contributed by atoms with Crippen molar-refractivity contribution in [3.63, 3.8) is 0 Å². The van der Waals surface area contributed by atoms with Crippen LogP contribution in [0.2, 0.25) is 0 Å². The third-order valence-corrected chi connectivity index (χ3v) is 3.68. The van der Waals surface area contributed by atoms with Gasteiger partial charge >= 0.3 is 0 Å². The maximum absolute atomic E-state index is 5.95. The first-order valence-electron chi connectivity index (χ1n) is 6.34. The first kappa shape index (κ1) is 14.8. The lowest BCUT2D eigenvalue weighted by Gasteiger charge is -2.23. The molecule has 5 heteroatoms. The van der Waals surface area contributed by atoms with Crippen molar-refractivity contribution in [2.45, 2.75) is 33.1 Å². The third kappa shape index (κ3) is 3.10. The fourth-order valence-corrected chi connectivity index (χ4v) is 2.16. The lowest BCUT2D eigenvalue weighted by Crippen LogP contribution is -2.13. The average Bonchev–Trinajstić information content (AvgIpc) is 2.33. The Kier molecular flexibility index (Phi) is 3.99. The van der Waals surface area contributed by atoms with Crippen molar-refractivity contribution in [3.05, 3.63) is 40.1 Å². The number of ether oxygens (including phenoxy) is 1. The fourth-order valence-electron chi connectivity index (χ4n) is 1.88. The lowest BCUT2D eigenvalue weighted by molar-refractivity contribution is 0.436. The number of aryl methyl sites for hydroxylation is 1. The number of aromatic nitrogens is 2. The summed E-state index contributed by atoms with van der Waals surface area (Å²) in [5.41, 5.74) is 7.98. The van der Waals surface area contributed by atoms with Crippen molar-refractivity contribution in [3.8, 4) is 11.6 Å². The molecule has 0 atom stereocenters. The number of nitrogen functional groups attached to an aromatic ring is 1. The predicted octanol–water partition coefficient (Wildman–Crippen LogP) is 4.22. The number of hydrogen-bond acceptors (Lipinski definition) is 4. The largest absolute Gasteiger partial charge is 0.437 e. The average molecular weight is 336 g/mol. The van der Waals surface area contributed by atoms with Gasteiger partial charge in [-0.05, 0) is 39.9 Å². The molecule has 2 rings (SSSR count). The van der Waals surface area contributed by atoms with Crippen LogP contribution in [-0.4, -0.2) is 9.97 Å². The molecule has 0 unspecified atom stereocenters. The van der Waals surface area contributed by atoms with Gasteiger partial charge in [-0.2, -0.15) is 0 Å². The zero-order chi connectivity index (χ0) is 14.9. The van der Waals surface area contributed by atoms with Gasteiger partial charge in [0, 0.05) is 5.56 Å². The molecule has 0 aliphatic carbocycles. The van der Waals surface area contributed by atoms with E-state index in [4.69, 9.17) is 10.5 Å². The maximum Gasteiger partial charge on any atom is 0.238 e. The molecule has 2 N–H and O–H groups in total. The number of nitrogens with two attached hydrogens (primary N) is 1. The van der Waals surface area contributed by atoms with Crippen molar-refractivity contribution in [2.24, 2.45) is 0 Å². The smallest absolute Gasteiger partial charge is 0.238 e. The minimum atomic E-state index is -0.0198. The Morgan fingerprint density at radius 3 is 2.55 bits per heavy atom. The molecule has 1 heterocycles. The Hall–Kier alpha value is -1.62. The molecule has 0 saturated heterocycles. The molecule has 0 spiro atoms. The van der Waals surface area contributed by atoms with E-state index in [2.05, 4.69) is 58.8 Å². The summed E-state index contributed by atoms with van der Waals surface area (Å²) in [7, 11) is 0. The molecule has 1 aromatic heterocycles. The number of nitrogens with zero attached hydrogens (tertiary/aromatic N) is 2. The second-order valence-electron chi connectivity index (χ2n) is 5.73. The number of benzene rings is 1. The van der Waals surface area contributed by atoms with Crippen LogP contribution in [0.5, 0.6) is 11.6 Å². The highest BCUT2D eigenvalue weighted by molar-refractivity contribution is 9.10. The van der Waals surface area contributed by atoms with Crippen molar-refractivity contribution >= 4 is 21.7 Å². The summed E-state index contributed by atoms with van der Waals surface area (Å²) in [5, 5.41) is 0. The molecule has 0 aliphatic rings. The molecule has 4 nitrogen and oxygen atoms in total. The van der Waals surface area contributed by atoms with Gasteiger partial charge in [0.25, 0.3) is 0 Å². The van der Waals surface area contributed by atoms with Crippen LogP contribution in [-0.2, 0) is 5.41 Å². The molecule has 1 aromatic carbocycles. The van der Waals surface area contributed by atoms with E-state index in [-0.39, 0.29) is 5.41 Å². The van der Waals surface area contributed by atoms with Gasteiger partial charge in [-0.1, -0.05) is 32.9 Å². The summed E-state index contributed by atoms with van der Waals surface area (Å²) in [4.78, 5) is 8.04. The van der Waals surface area contributed by atoms with Gasteiger partial charge in [0.1, 0.15) is 22.4 Å². The highest BCUT2D eigenvalue weighted by Gasteiger charge is 2.20. The van der Waals surface area contributed by atoms with Crippen LogP contribution in [0, 0.1) is 6.92 Å². The first-order chi connectivity index (χ1) is 9.29. The molecule has 0 amide bonds. The fraction of sp³-hybridized carbons (Fsp3) is 0.333. The van der Waals surface area contributed by atoms with Crippen molar-refractivity contribution in [2.75, 3.05) is 5.73 Å². The molecule has 2 aromatic rings.